The van der Waals surface area contributed by atoms with Gasteiger partial charge in [0.1, 0.15) is 0 Å². The van der Waals surface area contributed by atoms with E-state index < -0.39 is 0 Å². The molecule has 2 aromatic rings. The molecule has 0 radical (unpaired) electrons. The van der Waals surface area contributed by atoms with Crippen molar-refractivity contribution in [3.63, 3.8) is 0 Å². The average Bonchev–Trinajstić information content (AvgIpc) is 2.54. The summed E-state index contributed by atoms with van der Waals surface area (Å²) in [4.78, 5) is 14.5. The summed E-state index contributed by atoms with van der Waals surface area (Å²) in [7, 11) is 0. The lowest BCUT2D eigenvalue weighted by Gasteiger charge is -2.22. The lowest BCUT2D eigenvalue weighted by molar-refractivity contribution is -0.00000807. The summed E-state index contributed by atoms with van der Waals surface area (Å²) in [5.74, 6) is 0. The number of urea groups is 1. The van der Waals surface area contributed by atoms with Gasteiger partial charge in [-0.15, -0.1) is 0 Å². The van der Waals surface area contributed by atoms with E-state index in [1.54, 1.807) is 0 Å². The fourth-order valence-electron chi connectivity index (χ4n) is 2.68. The SMILES string of the molecule is CCN(CC)c1ccc(NC(=O)Nc2ccc(C)c(C)c2)c(C)c1.[Cl-]. The number of nitrogens with one attached hydrogen (secondary N) is 2. The van der Waals surface area contributed by atoms with Gasteiger partial charge >= 0.3 is 6.03 Å². The molecule has 2 rings (SSSR count). The summed E-state index contributed by atoms with van der Waals surface area (Å²) in [6.07, 6.45) is 0. The number of amides is 2. The highest BCUT2D eigenvalue weighted by Crippen LogP contribution is 2.23. The highest BCUT2D eigenvalue weighted by molar-refractivity contribution is 6.00. The Morgan fingerprint density at radius 3 is 2.12 bits per heavy atom. The quantitative estimate of drug-likeness (QED) is 0.857. The van der Waals surface area contributed by atoms with Crippen molar-refractivity contribution >= 4 is 23.1 Å². The van der Waals surface area contributed by atoms with Crippen LogP contribution in [0, 0.1) is 20.8 Å². The Hall–Kier alpha value is -2.20. The Morgan fingerprint density at radius 1 is 0.880 bits per heavy atom. The van der Waals surface area contributed by atoms with Crippen LogP contribution in [0.25, 0.3) is 0 Å². The number of halogens is 1. The Labute approximate surface area is 157 Å². The lowest BCUT2D eigenvalue weighted by Crippen LogP contribution is -3.00. The van der Waals surface area contributed by atoms with Crippen molar-refractivity contribution in [2.75, 3.05) is 28.6 Å². The zero-order chi connectivity index (χ0) is 17.7. The highest BCUT2D eigenvalue weighted by Gasteiger charge is 2.08. The summed E-state index contributed by atoms with van der Waals surface area (Å²) in [6.45, 7) is 12.3. The first-order valence-electron chi connectivity index (χ1n) is 8.45. The van der Waals surface area contributed by atoms with Gasteiger partial charge in [-0.05, 0) is 81.6 Å². The van der Waals surface area contributed by atoms with Crippen LogP contribution in [0.5, 0.6) is 0 Å². The molecule has 4 nitrogen and oxygen atoms in total. The van der Waals surface area contributed by atoms with Gasteiger partial charge in [0.15, 0.2) is 0 Å². The van der Waals surface area contributed by atoms with E-state index in [1.165, 1.54) is 11.3 Å². The van der Waals surface area contributed by atoms with E-state index in [0.717, 1.165) is 35.6 Å². The molecule has 0 heterocycles. The summed E-state index contributed by atoms with van der Waals surface area (Å²) in [5.41, 5.74) is 6.23. The number of hydrogen-bond acceptors (Lipinski definition) is 2. The molecule has 5 heteroatoms. The Balaban J connectivity index is 0.00000312. The Morgan fingerprint density at radius 2 is 1.56 bits per heavy atom. The third-order valence-corrected chi connectivity index (χ3v) is 4.35. The number of anilines is 3. The first-order valence-corrected chi connectivity index (χ1v) is 8.45. The van der Waals surface area contributed by atoms with Crippen LogP contribution in [0.4, 0.5) is 21.9 Å². The third kappa shape index (κ3) is 5.40. The highest BCUT2D eigenvalue weighted by atomic mass is 35.5. The minimum atomic E-state index is -0.225. The van der Waals surface area contributed by atoms with E-state index in [-0.39, 0.29) is 18.4 Å². The molecule has 0 saturated heterocycles. The number of rotatable bonds is 5. The van der Waals surface area contributed by atoms with Crippen LogP contribution in [0.15, 0.2) is 36.4 Å². The molecule has 0 unspecified atom stereocenters. The van der Waals surface area contributed by atoms with E-state index in [0.29, 0.717) is 0 Å². The minimum absolute atomic E-state index is 0. The molecule has 0 fully saturated rings. The lowest BCUT2D eigenvalue weighted by atomic mass is 10.1. The van der Waals surface area contributed by atoms with Gasteiger partial charge < -0.3 is 27.9 Å². The molecule has 0 aliphatic rings. The molecule has 2 amide bonds. The fraction of sp³-hybridized carbons (Fsp3) is 0.350. The molecule has 0 aliphatic carbocycles. The molecule has 25 heavy (non-hydrogen) atoms. The molecule has 0 saturated carbocycles. The number of carbonyl (C=O) groups excluding carboxylic acids is 1. The van der Waals surface area contributed by atoms with Crippen molar-refractivity contribution in [1.29, 1.82) is 0 Å². The summed E-state index contributed by atoms with van der Waals surface area (Å²) in [5, 5.41) is 5.81. The van der Waals surface area contributed by atoms with Crippen LogP contribution in [-0.2, 0) is 0 Å². The number of aryl methyl sites for hydroxylation is 3. The molecule has 0 bridgehead atoms. The molecule has 0 aliphatic heterocycles. The predicted molar refractivity (Wildman–Crippen MR) is 103 cm³/mol. The maximum atomic E-state index is 12.2. The van der Waals surface area contributed by atoms with Gasteiger partial charge in [-0.3, -0.25) is 0 Å². The molecular weight excluding hydrogens is 334 g/mol. The second-order valence-corrected chi connectivity index (χ2v) is 6.05. The monoisotopic (exact) mass is 360 g/mol. The molecular formula is C20H27ClN3O-. The minimum Gasteiger partial charge on any atom is -1.00 e. The van der Waals surface area contributed by atoms with Crippen molar-refractivity contribution in [3.8, 4) is 0 Å². The average molecular weight is 361 g/mol. The second-order valence-electron chi connectivity index (χ2n) is 6.05. The van der Waals surface area contributed by atoms with Crippen molar-refractivity contribution in [2.45, 2.75) is 34.6 Å². The molecule has 0 atom stereocenters. The zero-order valence-corrected chi connectivity index (χ0v) is 16.4. The zero-order valence-electron chi connectivity index (χ0n) is 15.6. The van der Waals surface area contributed by atoms with Crippen LogP contribution in [0.1, 0.15) is 30.5 Å². The largest absolute Gasteiger partial charge is 1.00 e. The normalized spacial score (nSPS) is 9.96. The maximum Gasteiger partial charge on any atom is 0.323 e. The Kier molecular flexibility index (Phi) is 7.78. The van der Waals surface area contributed by atoms with Gasteiger partial charge in [0.2, 0.25) is 0 Å². The number of nitrogens with zero attached hydrogens (tertiary/aromatic N) is 1. The topological polar surface area (TPSA) is 44.4 Å². The van der Waals surface area contributed by atoms with Crippen LogP contribution >= 0.6 is 0 Å². The number of carbonyl (C=O) groups is 1. The molecule has 2 N–H and O–H groups in total. The van der Waals surface area contributed by atoms with E-state index in [9.17, 15) is 4.79 Å². The van der Waals surface area contributed by atoms with Crippen LogP contribution < -0.4 is 27.9 Å². The third-order valence-electron chi connectivity index (χ3n) is 4.35. The van der Waals surface area contributed by atoms with Crippen molar-refractivity contribution in [2.24, 2.45) is 0 Å². The van der Waals surface area contributed by atoms with Gasteiger partial charge in [-0.2, -0.15) is 0 Å². The first kappa shape index (κ1) is 20.8. The molecule has 136 valence electrons. The molecule has 2 aromatic carbocycles. The smallest absolute Gasteiger partial charge is 0.323 e. The summed E-state index contributed by atoms with van der Waals surface area (Å²) >= 11 is 0. The van der Waals surface area contributed by atoms with E-state index in [1.807, 2.05) is 44.2 Å². The van der Waals surface area contributed by atoms with Gasteiger partial charge in [0.25, 0.3) is 0 Å². The summed E-state index contributed by atoms with van der Waals surface area (Å²) < 4.78 is 0. The van der Waals surface area contributed by atoms with E-state index >= 15 is 0 Å². The number of hydrogen-bond donors (Lipinski definition) is 2. The van der Waals surface area contributed by atoms with Gasteiger partial charge in [0, 0.05) is 30.2 Å². The van der Waals surface area contributed by atoms with Crippen molar-refractivity contribution in [3.05, 3.63) is 53.1 Å². The van der Waals surface area contributed by atoms with E-state index in [2.05, 4.69) is 42.4 Å². The standard InChI is InChI=1S/C20H27N3O.ClH/c1-6-23(7-2)18-10-11-19(16(5)13-18)22-20(24)21-17-9-8-14(3)15(4)12-17;/h8-13H,6-7H2,1-5H3,(H2,21,22,24);1H/p-1. The van der Waals surface area contributed by atoms with E-state index in [4.69, 9.17) is 0 Å². The van der Waals surface area contributed by atoms with Gasteiger partial charge in [0.05, 0.1) is 0 Å². The fourth-order valence-corrected chi connectivity index (χ4v) is 2.68. The van der Waals surface area contributed by atoms with Gasteiger partial charge in [-0.25, -0.2) is 4.79 Å². The van der Waals surface area contributed by atoms with Crippen LogP contribution in [-0.4, -0.2) is 19.1 Å². The molecule has 0 spiro atoms. The number of benzene rings is 2. The van der Waals surface area contributed by atoms with Crippen LogP contribution in [0.2, 0.25) is 0 Å². The maximum absolute atomic E-state index is 12.2. The first-order chi connectivity index (χ1) is 11.4. The van der Waals surface area contributed by atoms with Crippen molar-refractivity contribution < 1.29 is 17.2 Å². The van der Waals surface area contributed by atoms with Crippen molar-refractivity contribution in [1.82, 2.24) is 0 Å². The second kappa shape index (κ2) is 9.33. The van der Waals surface area contributed by atoms with Gasteiger partial charge in [-0.1, -0.05) is 6.07 Å². The Bertz CT molecular complexity index is 727. The van der Waals surface area contributed by atoms with Crippen LogP contribution in [0.3, 0.4) is 0 Å². The molecule has 0 aromatic heterocycles. The predicted octanol–water partition coefficient (Wildman–Crippen LogP) is 2.11. The summed E-state index contributed by atoms with van der Waals surface area (Å²) in [6, 6.07) is 11.8.